The van der Waals surface area contributed by atoms with E-state index in [1.54, 1.807) is 6.92 Å². The highest BCUT2D eigenvalue weighted by Gasteiger charge is 2.32. The smallest absolute Gasteiger partial charge is 0.312 e. The highest BCUT2D eigenvalue weighted by Crippen LogP contribution is 2.19. The first-order valence-corrected chi connectivity index (χ1v) is 5.45. The molecule has 0 spiro atoms. The lowest BCUT2D eigenvalue weighted by atomic mass is 10.0. The van der Waals surface area contributed by atoms with Crippen molar-refractivity contribution in [1.29, 1.82) is 0 Å². The first-order valence-electron chi connectivity index (χ1n) is 5.45. The van der Waals surface area contributed by atoms with Crippen molar-refractivity contribution in [2.75, 3.05) is 26.2 Å². The lowest BCUT2D eigenvalue weighted by Crippen LogP contribution is -2.43. The minimum atomic E-state index is -4.09. The molecule has 1 rings (SSSR count). The molecule has 0 aliphatic carbocycles. The van der Waals surface area contributed by atoms with Crippen molar-refractivity contribution >= 4 is 0 Å². The Labute approximate surface area is 88.8 Å². The van der Waals surface area contributed by atoms with Gasteiger partial charge in [0.15, 0.2) is 0 Å². The molecule has 1 heterocycles. The normalized spacial score (nSPS) is 27.6. The van der Waals surface area contributed by atoms with Crippen molar-refractivity contribution in [3.8, 4) is 0 Å². The topological polar surface area (TPSA) is 15.3 Å². The second-order valence-corrected chi connectivity index (χ2v) is 4.27. The summed E-state index contributed by atoms with van der Waals surface area (Å²) in [5.74, 6) is 0.479. The van der Waals surface area contributed by atoms with Crippen LogP contribution in [-0.4, -0.2) is 43.3 Å². The maximum Gasteiger partial charge on any atom is 0.401 e. The average Bonchev–Trinajstić information content (AvgIpc) is 2.48. The quantitative estimate of drug-likeness (QED) is 0.784. The van der Waals surface area contributed by atoms with Crippen LogP contribution in [0, 0.1) is 5.92 Å². The Balaban J connectivity index is 2.39. The summed E-state index contributed by atoms with van der Waals surface area (Å²) in [5, 5.41) is 3.25. The van der Waals surface area contributed by atoms with Crippen LogP contribution in [0.3, 0.4) is 0 Å². The molecule has 5 heteroatoms. The zero-order valence-electron chi connectivity index (χ0n) is 9.27. The van der Waals surface area contributed by atoms with Crippen molar-refractivity contribution in [2.24, 2.45) is 5.92 Å². The van der Waals surface area contributed by atoms with E-state index in [-0.39, 0.29) is 6.04 Å². The van der Waals surface area contributed by atoms with Crippen molar-refractivity contribution in [3.63, 3.8) is 0 Å². The molecule has 15 heavy (non-hydrogen) atoms. The van der Waals surface area contributed by atoms with Gasteiger partial charge in [-0.05, 0) is 25.4 Å². The van der Waals surface area contributed by atoms with Gasteiger partial charge in [-0.25, -0.2) is 0 Å². The fourth-order valence-electron chi connectivity index (χ4n) is 1.98. The van der Waals surface area contributed by atoms with Crippen LogP contribution < -0.4 is 5.32 Å². The number of likely N-dealkylation sites (N-methyl/N-ethyl adjacent to an activating group) is 1. The third-order valence-electron chi connectivity index (χ3n) is 3.00. The number of nitrogens with one attached hydrogen (secondary N) is 1. The standard InChI is InChI=1S/C10H19F3N2/c1-3-15(7-10(11,12)13)6-9-8(2)4-5-14-9/h8-9,14H,3-7H2,1-2H3. The molecule has 0 amide bonds. The lowest BCUT2D eigenvalue weighted by Gasteiger charge is -2.27. The maximum atomic E-state index is 12.2. The number of nitrogens with zero attached hydrogens (tertiary/aromatic N) is 1. The van der Waals surface area contributed by atoms with Gasteiger partial charge in [-0.3, -0.25) is 4.90 Å². The minimum Gasteiger partial charge on any atom is -0.312 e. The SMILES string of the molecule is CCN(CC1NCCC1C)CC(F)(F)F. The van der Waals surface area contributed by atoms with E-state index in [1.165, 1.54) is 4.90 Å². The van der Waals surface area contributed by atoms with Gasteiger partial charge in [0.05, 0.1) is 6.54 Å². The molecule has 0 aromatic heterocycles. The third-order valence-corrected chi connectivity index (χ3v) is 3.00. The Bertz CT molecular complexity index is 194. The maximum absolute atomic E-state index is 12.2. The Kier molecular flexibility index (Phi) is 4.40. The first kappa shape index (κ1) is 12.8. The highest BCUT2D eigenvalue weighted by molar-refractivity contribution is 4.83. The van der Waals surface area contributed by atoms with Gasteiger partial charge in [-0.2, -0.15) is 13.2 Å². The van der Waals surface area contributed by atoms with Gasteiger partial charge < -0.3 is 5.32 Å². The molecule has 0 aromatic rings. The number of halogens is 3. The van der Waals surface area contributed by atoms with Gasteiger partial charge in [0.1, 0.15) is 0 Å². The van der Waals surface area contributed by atoms with Gasteiger partial charge in [0, 0.05) is 12.6 Å². The molecule has 0 aromatic carbocycles. The summed E-state index contributed by atoms with van der Waals surface area (Å²) in [6, 6.07) is 0.215. The molecule has 1 aliphatic heterocycles. The molecule has 1 saturated heterocycles. The Morgan fingerprint density at radius 3 is 2.47 bits per heavy atom. The van der Waals surface area contributed by atoms with Crippen molar-refractivity contribution in [1.82, 2.24) is 10.2 Å². The average molecular weight is 224 g/mol. The van der Waals surface area contributed by atoms with Gasteiger partial charge >= 0.3 is 6.18 Å². The Morgan fingerprint density at radius 1 is 1.40 bits per heavy atom. The molecule has 0 radical (unpaired) electrons. The van der Waals surface area contributed by atoms with Crippen LogP contribution in [0.25, 0.3) is 0 Å². The van der Waals surface area contributed by atoms with E-state index in [4.69, 9.17) is 0 Å². The van der Waals surface area contributed by atoms with E-state index in [0.29, 0.717) is 19.0 Å². The van der Waals surface area contributed by atoms with E-state index in [1.807, 2.05) is 0 Å². The summed E-state index contributed by atoms with van der Waals surface area (Å²) in [7, 11) is 0. The first-order chi connectivity index (χ1) is 6.92. The van der Waals surface area contributed by atoms with Gasteiger partial charge in [-0.1, -0.05) is 13.8 Å². The summed E-state index contributed by atoms with van der Waals surface area (Å²) in [5.41, 5.74) is 0. The fourth-order valence-corrected chi connectivity index (χ4v) is 1.98. The summed E-state index contributed by atoms with van der Waals surface area (Å²) in [4.78, 5) is 1.46. The fraction of sp³-hybridized carbons (Fsp3) is 1.00. The van der Waals surface area contributed by atoms with Crippen molar-refractivity contribution in [2.45, 2.75) is 32.5 Å². The largest absolute Gasteiger partial charge is 0.401 e. The molecule has 1 fully saturated rings. The monoisotopic (exact) mass is 224 g/mol. The van der Waals surface area contributed by atoms with E-state index in [2.05, 4.69) is 12.2 Å². The summed E-state index contributed by atoms with van der Waals surface area (Å²) >= 11 is 0. The van der Waals surface area contributed by atoms with E-state index in [0.717, 1.165) is 13.0 Å². The molecular weight excluding hydrogens is 205 g/mol. The molecular formula is C10H19F3N2. The Morgan fingerprint density at radius 2 is 2.07 bits per heavy atom. The van der Waals surface area contributed by atoms with E-state index in [9.17, 15) is 13.2 Å². The minimum absolute atomic E-state index is 0.215. The molecule has 2 atom stereocenters. The second kappa shape index (κ2) is 5.16. The van der Waals surface area contributed by atoms with Crippen LogP contribution in [0.15, 0.2) is 0 Å². The number of hydrogen-bond donors (Lipinski definition) is 1. The van der Waals surface area contributed by atoms with Gasteiger partial charge in [0.25, 0.3) is 0 Å². The highest BCUT2D eigenvalue weighted by atomic mass is 19.4. The van der Waals surface area contributed by atoms with Crippen molar-refractivity contribution in [3.05, 3.63) is 0 Å². The van der Waals surface area contributed by atoms with E-state index >= 15 is 0 Å². The number of alkyl halides is 3. The van der Waals surface area contributed by atoms with Crippen LogP contribution >= 0.6 is 0 Å². The van der Waals surface area contributed by atoms with Crippen LogP contribution in [0.5, 0.6) is 0 Å². The lowest BCUT2D eigenvalue weighted by molar-refractivity contribution is -0.146. The number of rotatable bonds is 4. The Hall–Kier alpha value is -0.290. The zero-order chi connectivity index (χ0) is 11.5. The van der Waals surface area contributed by atoms with Crippen LogP contribution in [0.4, 0.5) is 13.2 Å². The third kappa shape index (κ3) is 4.38. The summed E-state index contributed by atoms with van der Waals surface area (Å²) < 4.78 is 36.6. The second-order valence-electron chi connectivity index (χ2n) is 4.27. The molecule has 90 valence electrons. The number of hydrogen-bond acceptors (Lipinski definition) is 2. The predicted octanol–water partition coefficient (Wildman–Crippen LogP) is 1.87. The molecule has 1 aliphatic rings. The summed E-state index contributed by atoms with van der Waals surface area (Å²) in [6.07, 6.45) is -3.02. The van der Waals surface area contributed by atoms with Crippen LogP contribution in [0.1, 0.15) is 20.3 Å². The van der Waals surface area contributed by atoms with E-state index < -0.39 is 12.7 Å². The molecule has 2 nitrogen and oxygen atoms in total. The molecule has 0 saturated carbocycles. The van der Waals surface area contributed by atoms with Crippen LogP contribution in [0.2, 0.25) is 0 Å². The zero-order valence-corrected chi connectivity index (χ0v) is 9.27. The predicted molar refractivity (Wildman–Crippen MR) is 53.7 cm³/mol. The summed E-state index contributed by atoms with van der Waals surface area (Å²) in [6.45, 7) is 4.93. The molecule has 0 bridgehead atoms. The van der Waals surface area contributed by atoms with Gasteiger partial charge in [-0.15, -0.1) is 0 Å². The van der Waals surface area contributed by atoms with Crippen molar-refractivity contribution < 1.29 is 13.2 Å². The molecule has 2 unspecified atom stereocenters. The van der Waals surface area contributed by atoms with Crippen LogP contribution in [-0.2, 0) is 0 Å². The molecule has 1 N–H and O–H groups in total. The van der Waals surface area contributed by atoms with Gasteiger partial charge in [0.2, 0.25) is 0 Å².